The molecular formula is C28H21N3O2. The molecule has 1 aromatic heterocycles. The van der Waals surface area contributed by atoms with Gasteiger partial charge in [0.2, 0.25) is 5.91 Å². The van der Waals surface area contributed by atoms with Crippen LogP contribution in [0.15, 0.2) is 84.9 Å². The molecule has 0 aliphatic heterocycles. The van der Waals surface area contributed by atoms with Gasteiger partial charge in [-0.1, -0.05) is 48.5 Å². The molecule has 4 aromatic carbocycles. The Kier molecular flexibility index (Phi) is 5.04. The first-order valence-electron chi connectivity index (χ1n) is 10.6. The first-order valence-corrected chi connectivity index (χ1v) is 10.6. The molecule has 0 aliphatic rings. The Morgan fingerprint density at radius 1 is 0.939 bits per heavy atom. The van der Waals surface area contributed by atoms with E-state index in [-0.39, 0.29) is 0 Å². The summed E-state index contributed by atoms with van der Waals surface area (Å²) in [6.45, 7) is 0.498. The molecule has 5 nitrogen and oxygen atoms in total. The van der Waals surface area contributed by atoms with Crippen molar-refractivity contribution in [3.05, 3.63) is 102 Å². The quantitative estimate of drug-likeness (QED) is 0.400. The lowest BCUT2D eigenvalue weighted by atomic mass is 10.0. The van der Waals surface area contributed by atoms with Crippen LogP contribution >= 0.6 is 0 Å². The number of ether oxygens (including phenoxy) is 1. The van der Waals surface area contributed by atoms with Gasteiger partial charge in [-0.15, -0.1) is 0 Å². The lowest BCUT2D eigenvalue weighted by Gasteiger charge is -2.10. The van der Waals surface area contributed by atoms with E-state index in [1.807, 2.05) is 66.7 Å². The summed E-state index contributed by atoms with van der Waals surface area (Å²) in [7, 11) is 1.65. The molecule has 1 heterocycles. The highest BCUT2D eigenvalue weighted by Gasteiger charge is 2.18. The van der Waals surface area contributed by atoms with Crippen LogP contribution in [-0.4, -0.2) is 17.6 Å². The normalized spacial score (nSPS) is 10.9. The number of fused-ring (bicyclic) bond motifs is 3. The van der Waals surface area contributed by atoms with Gasteiger partial charge in [0.1, 0.15) is 5.75 Å². The van der Waals surface area contributed by atoms with Crippen molar-refractivity contribution in [2.45, 2.75) is 6.54 Å². The predicted molar refractivity (Wildman–Crippen MR) is 130 cm³/mol. The van der Waals surface area contributed by atoms with E-state index in [1.165, 1.54) is 0 Å². The highest BCUT2D eigenvalue weighted by atomic mass is 16.5. The van der Waals surface area contributed by atoms with Crippen molar-refractivity contribution in [1.29, 1.82) is 5.26 Å². The van der Waals surface area contributed by atoms with Crippen LogP contribution in [0, 0.1) is 11.3 Å². The number of hydrogen-bond acceptors (Lipinski definition) is 3. The molecule has 0 bridgehead atoms. The maximum Gasteiger partial charge on any atom is 0.249 e. The van der Waals surface area contributed by atoms with Gasteiger partial charge < -0.3 is 15.0 Å². The van der Waals surface area contributed by atoms with Crippen molar-refractivity contribution in [2.24, 2.45) is 5.73 Å². The summed E-state index contributed by atoms with van der Waals surface area (Å²) in [4.78, 5) is 12.2. The van der Waals surface area contributed by atoms with Crippen LogP contribution in [0.4, 0.5) is 0 Å². The van der Waals surface area contributed by atoms with Crippen molar-refractivity contribution in [3.8, 4) is 22.9 Å². The van der Waals surface area contributed by atoms with E-state index >= 15 is 0 Å². The second-order valence-corrected chi connectivity index (χ2v) is 7.88. The number of benzene rings is 4. The average Bonchev–Trinajstić information content (AvgIpc) is 3.17. The molecule has 33 heavy (non-hydrogen) atoms. The minimum absolute atomic E-state index is 0.462. The molecule has 0 aliphatic carbocycles. The number of methoxy groups -OCH3 is 1. The smallest absolute Gasteiger partial charge is 0.249 e. The first kappa shape index (κ1) is 20.3. The molecule has 1 amide bonds. The van der Waals surface area contributed by atoms with Crippen LogP contribution in [0.2, 0.25) is 0 Å². The van der Waals surface area contributed by atoms with Gasteiger partial charge in [0.05, 0.1) is 29.8 Å². The molecule has 0 saturated heterocycles. The number of amides is 1. The van der Waals surface area contributed by atoms with E-state index in [1.54, 1.807) is 13.2 Å². The molecule has 5 rings (SSSR count). The van der Waals surface area contributed by atoms with E-state index in [0.29, 0.717) is 17.7 Å². The molecule has 0 unspecified atom stereocenters. The standard InChI is InChI=1S/C28H21N3O2/c1-33-22-12-9-18(10-13-22)19-11-14-23-26(15-19)31(17-21-6-3-2-5-20(21)16-29)25-8-4-7-24(27(23)25)28(30)32/h2-15H,17H2,1H3,(H2,30,32). The monoisotopic (exact) mass is 431 g/mol. The Hall–Kier alpha value is -4.56. The van der Waals surface area contributed by atoms with Gasteiger partial charge in [0.15, 0.2) is 0 Å². The minimum Gasteiger partial charge on any atom is -0.497 e. The molecule has 160 valence electrons. The highest BCUT2D eigenvalue weighted by molar-refractivity contribution is 6.18. The lowest BCUT2D eigenvalue weighted by molar-refractivity contribution is 0.100. The Morgan fingerprint density at radius 3 is 2.42 bits per heavy atom. The van der Waals surface area contributed by atoms with E-state index < -0.39 is 5.91 Å². The summed E-state index contributed by atoms with van der Waals surface area (Å²) in [5, 5.41) is 11.4. The molecule has 0 fully saturated rings. The van der Waals surface area contributed by atoms with Crippen molar-refractivity contribution in [3.63, 3.8) is 0 Å². The zero-order chi connectivity index (χ0) is 22.9. The summed E-state index contributed by atoms with van der Waals surface area (Å²) >= 11 is 0. The zero-order valence-corrected chi connectivity index (χ0v) is 18.1. The summed E-state index contributed by atoms with van der Waals surface area (Å²) in [6, 6.07) is 29.6. The van der Waals surface area contributed by atoms with Gasteiger partial charge in [-0.3, -0.25) is 4.79 Å². The van der Waals surface area contributed by atoms with Crippen LogP contribution in [0.25, 0.3) is 32.9 Å². The third kappa shape index (κ3) is 3.48. The molecule has 0 spiro atoms. The molecule has 0 radical (unpaired) electrons. The molecule has 0 saturated carbocycles. The van der Waals surface area contributed by atoms with E-state index in [9.17, 15) is 10.1 Å². The second-order valence-electron chi connectivity index (χ2n) is 7.88. The van der Waals surface area contributed by atoms with E-state index in [4.69, 9.17) is 10.5 Å². The second kappa shape index (κ2) is 8.18. The topological polar surface area (TPSA) is 81.0 Å². The summed E-state index contributed by atoms with van der Waals surface area (Å²) in [5.41, 5.74) is 11.7. The number of nitriles is 1. The van der Waals surface area contributed by atoms with Gasteiger partial charge in [-0.05, 0) is 53.1 Å². The van der Waals surface area contributed by atoms with Crippen LogP contribution in [0.5, 0.6) is 5.75 Å². The third-order valence-corrected chi connectivity index (χ3v) is 6.05. The van der Waals surface area contributed by atoms with Gasteiger partial charge in [0, 0.05) is 22.9 Å². The lowest BCUT2D eigenvalue weighted by Crippen LogP contribution is -2.11. The molecule has 0 atom stereocenters. The van der Waals surface area contributed by atoms with Crippen molar-refractivity contribution in [2.75, 3.05) is 7.11 Å². The summed E-state index contributed by atoms with van der Waals surface area (Å²) < 4.78 is 7.44. The number of nitrogens with two attached hydrogens (primary N) is 1. The van der Waals surface area contributed by atoms with E-state index in [2.05, 4.69) is 22.8 Å². The molecule has 2 N–H and O–H groups in total. The average molecular weight is 431 g/mol. The van der Waals surface area contributed by atoms with Gasteiger partial charge in [0.25, 0.3) is 0 Å². The fourth-order valence-electron chi connectivity index (χ4n) is 4.42. The Labute approximate surface area is 191 Å². The number of hydrogen-bond donors (Lipinski definition) is 1. The van der Waals surface area contributed by atoms with Gasteiger partial charge in [-0.25, -0.2) is 0 Å². The summed E-state index contributed by atoms with van der Waals surface area (Å²) in [6.07, 6.45) is 0. The fourth-order valence-corrected chi connectivity index (χ4v) is 4.42. The first-order chi connectivity index (χ1) is 16.1. The maximum absolute atomic E-state index is 12.2. The molecule has 5 aromatic rings. The van der Waals surface area contributed by atoms with Crippen molar-refractivity contribution in [1.82, 2.24) is 4.57 Å². The number of primary amides is 1. The Bertz CT molecular complexity index is 1560. The van der Waals surface area contributed by atoms with Gasteiger partial charge in [-0.2, -0.15) is 5.26 Å². The molecule has 5 heteroatoms. The third-order valence-electron chi connectivity index (χ3n) is 6.05. The van der Waals surface area contributed by atoms with Crippen molar-refractivity contribution < 1.29 is 9.53 Å². The largest absolute Gasteiger partial charge is 0.497 e. The van der Waals surface area contributed by atoms with Crippen LogP contribution in [-0.2, 0) is 6.54 Å². The Morgan fingerprint density at radius 2 is 1.70 bits per heavy atom. The minimum atomic E-state index is -0.462. The van der Waals surface area contributed by atoms with Crippen LogP contribution < -0.4 is 10.5 Å². The molecular weight excluding hydrogens is 410 g/mol. The fraction of sp³-hybridized carbons (Fsp3) is 0.0714. The zero-order valence-electron chi connectivity index (χ0n) is 18.1. The number of carbonyl (C=O) groups excluding carboxylic acids is 1. The van der Waals surface area contributed by atoms with Gasteiger partial charge >= 0.3 is 0 Å². The number of rotatable bonds is 5. The Balaban J connectivity index is 1.78. The number of carbonyl (C=O) groups is 1. The number of aromatic nitrogens is 1. The number of nitrogens with zero attached hydrogens (tertiary/aromatic N) is 2. The van der Waals surface area contributed by atoms with Crippen LogP contribution in [0.1, 0.15) is 21.5 Å². The van der Waals surface area contributed by atoms with Crippen LogP contribution in [0.3, 0.4) is 0 Å². The summed E-state index contributed by atoms with van der Waals surface area (Å²) in [5.74, 6) is 0.337. The van der Waals surface area contributed by atoms with E-state index in [0.717, 1.165) is 44.2 Å². The highest BCUT2D eigenvalue weighted by Crippen LogP contribution is 2.35. The predicted octanol–water partition coefficient (Wildman–Crippen LogP) is 5.49. The maximum atomic E-state index is 12.2. The SMILES string of the molecule is COc1ccc(-c2ccc3c4c(C(N)=O)cccc4n(Cc4ccccc4C#N)c3c2)cc1. The van der Waals surface area contributed by atoms with Crippen molar-refractivity contribution >= 4 is 27.7 Å².